The van der Waals surface area contributed by atoms with Crippen LogP contribution >= 0.6 is 0 Å². The molecule has 0 aliphatic carbocycles. The Labute approximate surface area is 86.7 Å². The molecule has 1 heterocycles. The molecule has 0 aliphatic heterocycles. The summed E-state index contributed by atoms with van der Waals surface area (Å²) in [7, 11) is 1.99. The van der Waals surface area contributed by atoms with Crippen LogP contribution in [-0.4, -0.2) is 7.05 Å². The Kier molecular flexibility index (Phi) is 4.74. The highest BCUT2D eigenvalue weighted by molar-refractivity contribution is 5.09. The van der Waals surface area contributed by atoms with E-state index in [9.17, 15) is 0 Å². The Balaban J connectivity index is 2.45. The Morgan fingerprint density at radius 2 is 2.14 bits per heavy atom. The van der Waals surface area contributed by atoms with E-state index in [4.69, 9.17) is 4.42 Å². The van der Waals surface area contributed by atoms with E-state index in [-0.39, 0.29) is 0 Å². The van der Waals surface area contributed by atoms with E-state index in [2.05, 4.69) is 18.3 Å². The number of hydrogen-bond acceptors (Lipinski definition) is 2. The minimum Gasteiger partial charge on any atom is -0.465 e. The van der Waals surface area contributed by atoms with Crippen LogP contribution in [0.5, 0.6) is 0 Å². The van der Waals surface area contributed by atoms with Gasteiger partial charge in [-0.1, -0.05) is 26.2 Å². The van der Waals surface area contributed by atoms with Crippen LogP contribution in [0.2, 0.25) is 0 Å². The first kappa shape index (κ1) is 11.3. The van der Waals surface area contributed by atoms with Gasteiger partial charge in [0.2, 0.25) is 0 Å². The first-order valence-corrected chi connectivity index (χ1v) is 5.51. The van der Waals surface area contributed by atoms with Crippen LogP contribution in [0.1, 0.15) is 50.2 Å². The molecule has 0 aliphatic rings. The Morgan fingerprint density at radius 1 is 1.36 bits per heavy atom. The number of furan rings is 1. The summed E-state index contributed by atoms with van der Waals surface area (Å²) in [5.74, 6) is 2.07. The average molecular weight is 195 g/mol. The third-order valence-corrected chi connectivity index (χ3v) is 2.55. The van der Waals surface area contributed by atoms with Crippen LogP contribution in [0.25, 0.3) is 0 Å². The number of unbranched alkanes of at least 4 members (excludes halogenated alkanes) is 2. The molecule has 0 spiro atoms. The van der Waals surface area contributed by atoms with Crippen LogP contribution in [0.3, 0.4) is 0 Å². The molecular weight excluding hydrogens is 174 g/mol. The van der Waals surface area contributed by atoms with E-state index in [1.807, 2.05) is 20.0 Å². The van der Waals surface area contributed by atoms with Crippen molar-refractivity contribution < 1.29 is 4.42 Å². The molecule has 1 rings (SSSR count). The van der Waals surface area contributed by atoms with Crippen molar-refractivity contribution >= 4 is 0 Å². The summed E-state index contributed by atoms with van der Waals surface area (Å²) in [6, 6.07) is 4.48. The zero-order valence-electron chi connectivity index (χ0n) is 9.47. The fourth-order valence-corrected chi connectivity index (χ4v) is 1.67. The topological polar surface area (TPSA) is 25.2 Å². The zero-order chi connectivity index (χ0) is 10.4. The van der Waals surface area contributed by atoms with Crippen LogP contribution in [-0.2, 0) is 0 Å². The molecule has 0 saturated heterocycles. The number of rotatable bonds is 6. The maximum absolute atomic E-state index is 5.60. The summed E-state index contributed by atoms with van der Waals surface area (Å²) in [5, 5.41) is 3.30. The number of hydrogen-bond donors (Lipinski definition) is 1. The fourth-order valence-electron chi connectivity index (χ4n) is 1.67. The van der Waals surface area contributed by atoms with Gasteiger partial charge in [-0.25, -0.2) is 0 Å². The van der Waals surface area contributed by atoms with Crippen molar-refractivity contribution in [1.82, 2.24) is 5.32 Å². The van der Waals surface area contributed by atoms with Crippen molar-refractivity contribution in [1.29, 1.82) is 0 Å². The van der Waals surface area contributed by atoms with E-state index in [0.29, 0.717) is 6.04 Å². The molecule has 1 aromatic rings. The van der Waals surface area contributed by atoms with Gasteiger partial charge in [0.05, 0.1) is 6.04 Å². The first-order chi connectivity index (χ1) is 6.77. The van der Waals surface area contributed by atoms with Gasteiger partial charge < -0.3 is 9.73 Å². The summed E-state index contributed by atoms with van der Waals surface area (Å²) in [6.07, 6.45) is 5.00. The van der Waals surface area contributed by atoms with Crippen molar-refractivity contribution in [3.8, 4) is 0 Å². The third kappa shape index (κ3) is 3.18. The second kappa shape index (κ2) is 5.86. The molecule has 0 fully saturated rings. The molecule has 2 heteroatoms. The highest BCUT2D eigenvalue weighted by Crippen LogP contribution is 2.21. The minimum absolute atomic E-state index is 0.384. The summed E-state index contributed by atoms with van der Waals surface area (Å²) in [6.45, 7) is 4.22. The lowest BCUT2D eigenvalue weighted by Crippen LogP contribution is -2.15. The van der Waals surface area contributed by atoms with Gasteiger partial charge in [-0.3, -0.25) is 0 Å². The maximum atomic E-state index is 5.60. The van der Waals surface area contributed by atoms with Crippen LogP contribution < -0.4 is 5.32 Å². The largest absolute Gasteiger partial charge is 0.465 e. The van der Waals surface area contributed by atoms with E-state index in [1.54, 1.807) is 0 Å². The molecule has 1 unspecified atom stereocenters. The molecule has 2 nitrogen and oxygen atoms in total. The fraction of sp³-hybridized carbons (Fsp3) is 0.667. The minimum atomic E-state index is 0.384. The molecule has 0 amide bonds. The normalized spacial score (nSPS) is 13.1. The van der Waals surface area contributed by atoms with Crippen LogP contribution in [0, 0.1) is 6.92 Å². The molecule has 0 saturated carbocycles. The van der Waals surface area contributed by atoms with Gasteiger partial charge in [0.25, 0.3) is 0 Å². The van der Waals surface area contributed by atoms with Crippen molar-refractivity contribution in [2.75, 3.05) is 7.05 Å². The van der Waals surface area contributed by atoms with Crippen LogP contribution in [0.15, 0.2) is 16.5 Å². The average Bonchev–Trinajstić information content (AvgIpc) is 2.60. The lowest BCUT2D eigenvalue weighted by molar-refractivity contribution is 0.393. The van der Waals surface area contributed by atoms with E-state index in [1.165, 1.54) is 19.3 Å². The molecule has 0 radical (unpaired) electrons. The van der Waals surface area contributed by atoms with Crippen LogP contribution in [0.4, 0.5) is 0 Å². The van der Waals surface area contributed by atoms with Gasteiger partial charge in [-0.2, -0.15) is 0 Å². The Hall–Kier alpha value is -0.760. The van der Waals surface area contributed by atoms with Gasteiger partial charge >= 0.3 is 0 Å². The van der Waals surface area contributed by atoms with Crippen molar-refractivity contribution in [3.63, 3.8) is 0 Å². The molecule has 0 bridgehead atoms. The smallest absolute Gasteiger partial charge is 0.121 e. The van der Waals surface area contributed by atoms with E-state index >= 15 is 0 Å². The number of nitrogens with one attached hydrogen (secondary N) is 1. The lowest BCUT2D eigenvalue weighted by atomic mass is 10.1. The molecule has 1 aromatic heterocycles. The van der Waals surface area contributed by atoms with E-state index in [0.717, 1.165) is 17.9 Å². The third-order valence-electron chi connectivity index (χ3n) is 2.55. The standard InChI is InChI=1S/C12H21NO/c1-4-5-6-7-11(13-3)12-9-8-10(2)14-12/h8-9,11,13H,4-7H2,1-3H3. The molecule has 1 N–H and O–H groups in total. The summed E-state index contributed by atoms with van der Waals surface area (Å²) < 4.78 is 5.60. The van der Waals surface area contributed by atoms with Crippen molar-refractivity contribution in [2.45, 2.75) is 45.6 Å². The van der Waals surface area contributed by atoms with Gasteiger partial charge in [0.1, 0.15) is 11.5 Å². The predicted molar refractivity (Wildman–Crippen MR) is 59.4 cm³/mol. The van der Waals surface area contributed by atoms with Crippen molar-refractivity contribution in [3.05, 3.63) is 23.7 Å². The van der Waals surface area contributed by atoms with Crippen molar-refractivity contribution in [2.24, 2.45) is 0 Å². The monoisotopic (exact) mass is 195 g/mol. The highest BCUT2D eigenvalue weighted by atomic mass is 16.3. The lowest BCUT2D eigenvalue weighted by Gasteiger charge is -2.12. The zero-order valence-corrected chi connectivity index (χ0v) is 9.47. The number of aryl methyl sites for hydroxylation is 1. The van der Waals surface area contributed by atoms with Gasteiger partial charge in [0, 0.05) is 0 Å². The van der Waals surface area contributed by atoms with Gasteiger partial charge in [-0.15, -0.1) is 0 Å². The summed E-state index contributed by atoms with van der Waals surface area (Å²) in [5.41, 5.74) is 0. The molecule has 80 valence electrons. The van der Waals surface area contributed by atoms with Gasteiger partial charge in [-0.05, 0) is 32.5 Å². The SMILES string of the molecule is CCCCCC(NC)c1ccc(C)o1. The first-order valence-electron chi connectivity index (χ1n) is 5.51. The molecule has 1 atom stereocenters. The second-order valence-corrected chi connectivity index (χ2v) is 3.79. The van der Waals surface area contributed by atoms with E-state index < -0.39 is 0 Å². The molecule has 14 heavy (non-hydrogen) atoms. The molecule has 0 aromatic carbocycles. The summed E-state index contributed by atoms with van der Waals surface area (Å²) in [4.78, 5) is 0. The highest BCUT2D eigenvalue weighted by Gasteiger charge is 2.11. The van der Waals surface area contributed by atoms with Gasteiger partial charge in [0.15, 0.2) is 0 Å². The molecular formula is C12H21NO. The Morgan fingerprint density at radius 3 is 2.64 bits per heavy atom. The maximum Gasteiger partial charge on any atom is 0.121 e. The predicted octanol–water partition coefficient (Wildman–Crippen LogP) is 3.43. The Bertz CT molecular complexity index is 255. The summed E-state index contributed by atoms with van der Waals surface area (Å²) >= 11 is 0. The second-order valence-electron chi connectivity index (χ2n) is 3.79. The quantitative estimate of drug-likeness (QED) is 0.703.